The largest absolute Gasteiger partial charge is 0.481 e. The van der Waals surface area contributed by atoms with Crippen molar-refractivity contribution in [3.63, 3.8) is 0 Å². The molecule has 2 rings (SSSR count). The summed E-state index contributed by atoms with van der Waals surface area (Å²) in [6.45, 7) is 5.71. The van der Waals surface area contributed by atoms with Crippen LogP contribution in [0.2, 0.25) is 0 Å². The minimum atomic E-state index is -0.927. The minimum absolute atomic E-state index is 0.123. The zero-order valence-corrected chi connectivity index (χ0v) is 13.5. The van der Waals surface area contributed by atoms with E-state index in [1.54, 1.807) is 12.3 Å². The first-order valence-electron chi connectivity index (χ1n) is 6.91. The topological polar surface area (TPSA) is 79.3 Å². The molecule has 0 radical (unpaired) electrons. The molecule has 1 amide bonds. The van der Waals surface area contributed by atoms with Crippen LogP contribution in [0.3, 0.4) is 0 Å². The zero-order chi connectivity index (χ0) is 16.3. The van der Waals surface area contributed by atoms with Gasteiger partial charge in [0.2, 0.25) is 5.91 Å². The number of rotatable bonds is 5. The number of hydrogen-bond donors (Lipinski definition) is 2. The van der Waals surface area contributed by atoms with E-state index in [0.29, 0.717) is 10.7 Å². The van der Waals surface area contributed by atoms with E-state index >= 15 is 0 Å². The van der Waals surface area contributed by atoms with Crippen molar-refractivity contribution < 1.29 is 14.7 Å². The Kier molecular flexibility index (Phi) is 4.92. The summed E-state index contributed by atoms with van der Waals surface area (Å²) in [7, 11) is 0. The van der Waals surface area contributed by atoms with Crippen molar-refractivity contribution in [2.24, 2.45) is 0 Å². The predicted molar refractivity (Wildman–Crippen MR) is 86.4 cm³/mol. The second kappa shape index (κ2) is 6.70. The number of aryl methyl sites for hydroxylation is 2. The zero-order valence-electron chi connectivity index (χ0n) is 12.7. The van der Waals surface area contributed by atoms with Gasteiger partial charge in [0.1, 0.15) is 5.01 Å². The third kappa shape index (κ3) is 3.92. The Morgan fingerprint density at radius 3 is 2.73 bits per heavy atom. The fraction of sp³-hybridized carbons (Fsp3) is 0.312. The highest BCUT2D eigenvalue weighted by Crippen LogP contribution is 2.23. The molecule has 0 saturated heterocycles. The molecule has 0 saturated carbocycles. The number of benzene rings is 1. The second-order valence-electron chi connectivity index (χ2n) is 5.28. The molecule has 5 nitrogen and oxygen atoms in total. The van der Waals surface area contributed by atoms with Gasteiger partial charge in [0, 0.05) is 11.1 Å². The van der Waals surface area contributed by atoms with Gasteiger partial charge in [-0.1, -0.05) is 17.7 Å². The van der Waals surface area contributed by atoms with E-state index in [4.69, 9.17) is 5.11 Å². The Bertz CT molecular complexity index is 709. The maximum Gasteiger partial charge on any atom is 0.309 e. The summed E-state index contributed by atoms with van der Waals surface area (Å²) < 4.78 is 0. The van der Waals surface area contributed by atoms with Crippen LogP contribution in [-0.2, 0) is 16.0 Å². The molecule has 0 aliphatic heterocycles. The summed E-state index contributed by atoms with van der Waals surface area (Å²) in [5.41, 5.74) is 3.41. The molecule has 1 heterocycles. The van der Waals surface area contributed by atoms with Gasteiger partial charge < -0.3 is 10.4 Å². The summed E-state index contributed by atoms with van der Waals surface area (Å²) in [6, 6.07) is 5.84. The summed E-state index contributed by atoms with van der Waals surface area (Å²) in [6.07, 6.45) is -0.123. The first kappa shape index (κ1) is 16.2. The average molecular weight is 318 g/mol. The van der Waals surface area contributed by atoms with Crippen LogP contribution in [0.5, 0.6) is 0 Å². The van der Waals surface area contributed by atoms with Gasteiger partial charge in [0.15, 0.2) is 0 Å². The lowest BCUT2D eigenvalue weighted by Crippen LogP contribution is -2.19. The maximum absolute atomic E-state index is 12.3. The molecule has 0 bridgehead atoms. The van der Waals surface area contributed by atoms with E-state index in [-0.39, 0.29) is 12.3 Å². The number of nitrogens with one attached hydrogen (secondary N) is 1. The van der Waals surface area contributed by atoms with Gasteiger partial charge >= 0.3 is 5.97 Å². The molecular weight excluding hydrogens is 300 g/mol. The van der Waals surface area contributed by atoms with Crippen LogP contribution in [0.1, 0.15) is 34.7 Å². The first-order chi connectivity index (χ1) is 10.4. The number of thiazole rings is 1. The van der Waals surface area contributed by atoms with Crippen molar-refractivity contribution in [2.75, 3.05) is 5.32 Å². The minimum Gasteiger partial charge on any atom is -0.481 e. The number of carbonyl (C=O) groups excluding carboxylic acids is 1. The maximum atomic E-state index is 12.3. The van der Waals surface area contributed by atoms with Crippen molar-refractivity contribution in [2.45, 2.75) is 33.1 Å². The van der Waals surface area contributed by atoms with Gasteiger partial charge in [-0.15, -0.1) is 11.3 Å². The molecule has 1 atom stereocenters. The summed E-state index contributed by atoms with van der Waals surface area (Å²) in [4.78, 5) is 27.2. The Labute approximate surface area is 133 Å². The van der Waals surface area contributed by atoms with E-state index in [1.807, 2.05) is 32.0 Å². The standard InChI is InChI=1S/C16H18N2O3S/c1-9-4-5-13(10(2)6-9)18-15(21)11(3)16-17-12(8-22-16)7-14(19)20/h4-6,8,11H,7H2,1-3H3,(H,18,21)(H,19,20)/t11-/m0/s1. The number of nitrogens with zero attached hydrogens (tertiary/aromatic N) is 1. The van der Waals surface area contributed by atoms with Crippen LogP contribution in [0, 0.1) is 13.8 Å². The van der Waals surface area contributed by atoms with Crippen LogP contribution in [0.15, 0.2) is 23.6 Å². The van der Waals surface area contributed by atoms with Crippen LogP contribution in [0.4, 0.5) is 5.69 Å². The Balaban J connectivity index is 2.08. The third-order valence-electron chi connectivity index (χ3n) is 3.31. The van der Waals surface area contributed by atoms with E-state index in [1.165, 1.54) is 11.3 Å². The molecule has 0 spiro atoms. The molecule has 1 aromatic carbocycles. The number of carboxylic acids is 1. The molecule has 2 N–H and O–H groups in total. The van der Waals surface area contributed by atoms with E-state index in [2.05, 4.69) is 10.3 Å². The highest BCUT2D eigenvalue weighted by molar-refractivity contribution is 7.09. The van der Waals surface area contributed by atoms with Crippen LogP contribution >= 0.6 is 11.3 Å². The van der Waals surface area contributed by atoms with Gasteiger partial charge in [0.05, 0.1) is 18.0 Å². The Hall–Kier alpha value is -2.21. The predicted octanol–water partition coefficient (Wildman–Crippen LogP) is 3.13. The molecule has 0 fully saturated rings. The van der Waals surface area contributed by atoms with Crippen LogP contribution < -0.4 is 5.32 Å². The molecule has 6 heteroatoms. The van der Waals surface area contributed by atoms with Crippen molar-refractivity contribution in [1.29, 1.82) is 0 Å². The van der Waals surface area contributed by atoms with E-state index in [0.717, 1.165) is 16.8 Å². The van der Waals surface area contributed by atoms with Crippen LogP contribution in [-0.4, -0.2) is 22.0 Å². The highest BCUT2D eigenvalue weighted by atomic mass is 32.1. The molecule has 0 unspecified atom stereocenters. The van der Waals surface area contributed by atoms with Gasteiger partial charge in [-0.05, 0) is 32.4 Å². The fourth-order valence-electron chi connectivity index (χ4n) is 2.06. The lowest BCUT2D eigenvalue weighted by Gasteiger charge is -2.12. The number of aliphatic carboxylic acids is 1. The lowest BCUT2D eigenvalue weighted by atomic mass is 10.1. The van der Waals surface area contributed by atoms with E-state index in [9.17, 15) is 9.59 Å². The van der Waals surface area contributed by atoms with Gasteiger partial charge in [-0.3, -0.25) is 9.59 Å². The van der Waals surface area contributed by atoms with Gasteiger partial charge in [-0.2, -0.15) is 0 Å². The van der Waals surface area contributed by atoms with Crippen molar-refractivity contribution in [3.05, 3.63) is 45.4 Å². The van der Waals surface area contributed by atoms with E-state index < -0.39 is 11.9 Å². The van der Waals surface area contributed by atoms with Crippen molar-refractivity contribution in [1.82, 2.24) is 4.98 Å². The highest BCUT2D eigenvalue weighted by Gasteiger charge is 2.20. The molecule has 0 aliphatic rings. The Morgan fingerprint density at radius 1 is 1.36 bits per heavy atom. The van der Waals surface area contributed by atoms with Gasteiger partial charge in [0.25, 0.3) is 0 Å². The number of amides is 1. The molecular formula is C16H18N2O3S. The summed E-state index contributed by atoms with van der Waals surface area (Å²) >= 11 is 1.31. The number of anilines is 1. The number of aromatic nitrogens is 1. The smallest absolute Gasteiger partial charge is 0.309 e. The lowest BCUT2D eigenvalue weighted by molar-refractivity contribution is -0.136. The normalized spacial score (nSPS) is 12.0. The SMILES string of the molecule is Cc1ccc(NC(=O)[C@H](C)c2nc(CC(=O)O)cs2)c(C)c1. The number of hydrogen-bond acceptors (Lipinski definition) is 4. The molecule has 116 valence electrons. The average Bonchev–Trinajstić information content (AvgIpc) is 2.88. The summed E-state index contributed by atoms with van der Waals surface area (Å²) in [5, 5.41) is 14.0. The Morgan fingerprint density at radius 2 is 2.09 bits per heavy atom. The first-order valence-corrected chi connectivity index (χ1v) is 7.79. The number of carbonyl (C=O) groups is 2. The number of carboxylic acid groups (broad SMARTS) is 1. The van der Waals surface area contributed by atoms with Gasteiger partial charge in [-0.25, -0.2) is 4.98 Å². The fourth-order valence-corrected chi connectivity index (χ4v) is 2.94. The van der Waals surface area contributed by atoms with Crippen molar-refractivity contribution in [3.8, 4) is 0 Å². The van der Waals surface area contributed by atoms with Crippen molar-refractivity contribution >= 4 is 28.9 Å². The molecule has 22 heavy (non-hydrogen) atoms. The van der Waals surface area contributed by atoms with Crippen LogP contribution in [0.25, 0.3) is 0 Å². The summed E-state index contributed by atoms with van der Waals surface area (Å²) in [5.74, 6) is -1.50. The molecule has 1 aromatic heterocycles. The third-order valence-corrected chi connectivity index (χ3v) is 4.38. The molecule has 0 aliphatic carbocycles. The molecule has 2 aromatic rings. The second-order valence-corrected chi connectivity index (χ2v) is 6.17. The quantitative estimate of drug-likeness (QED) is 0.887. The monoisotopic (exact) mass is 318 g/mol.